The third-order valence-electron chi connectivity index (χ3n) is 3.23. The number of ether oxygens (including phenoxy) is 2. The number of nitrogens with one attached hydrogen (secondary N) is 1. The lowest BCUT2D eigenvalue weighted by Gasteiger charge is -2.19. The highest BCUT2D eigenvalue weighted by Gasteiger charge is 2.45. The Labute approximate surface area is 120 Å². The number of aliphatic hydroxyl groups excluding tert-OH is 2. The average molecular weight is 304 g/mol. The molecule has 1 fully saturated rings. The maximum absolute atomic E-state index is 10.0. The van der Waals surface area contributed by atoms with Gasteiger partial charge in [0, 0.05) is 25.9 Å². The van der Waals surface area contributed by atoms with E-state index in [9.17, 15) is 10.2 Å². The quantitative estimate of drug-likeness (QED) is 0.711. The second kappa shape index (κ2) is 5.78. The summed E-state index contributed by atoms with van der Waals surface area (Å²) in [6.07, 6.45) is -0.948. The van der Waals surface area contributed by atoms with E-state index < -0.39 is 24.4 Å². The van der Waals surface area contributed by atoms with Gasteiger partial charge < -0.3 is 29.2 Å². The van der Waals surface area contributed by atoms with Gasteiger partial charge in [0.1, 0.15) is 29.1 Å². The van der Waals surface area contributed by atoms with Gasteiger partial charge in [0.15, 0.2) is 4.77 Å². The van der Waals surface area contributed by atoms with E-state index in [0.717, 1.165) is 0 Å². The Morgan fingerprint density at radius 3 is 2.79 bits per heavy atom. The van der Waals surface area contributed by atoms with Crippen LogP contribution in [-0.2, 0) is 16.5 Å². The molecule has 0 bridgehead atoms. The molecule has 19 heavy (non-hydrogen) atoms. The first-order valence-corrected chi connectivity index (χ1v) is 6.58. The fourth-order valence-electron chi connectivity index (χ4n) is 2.19. The summed E-state index contributed by atoms with van der Waals surface area (Å²) in [7, 11) is 3.27. The van der Waals surface area contributed by atoms with Gasteiger partial charge in [-0.05, 0) is 12.2 Å². The first-order valence-electron chi connectivity index (χ1n) is 5.76. The Balaban J connectivity index is 2.44. The molecule has 0 aliphatic carbocycles. The molecule has 6 nitrogen and oxygen atoms in total. The van der Waals surface area contributed by atoms with Crippen LogP contribution in [0.5, 0.6) is 0 Å². The molecule has 4 atom stereocenters. The smallest absolute Gasteiger partial charge is 0.177 e. The van der Waals surface area contributed by atoms with Crippen molar-refractivity contribution >= 4 is 24.4 Å². The monoisotopic (exact) mass is 304 g/mol. The van der Waals surface area contributed by atoms with E-state index in [4.69, 9.17) is 33.9 Å². The zero-order valence-corrected chi connectivity index (χ0v) is 12.2. The summed E-state index contributed by atoms with van der Waals surface area (Å²) in [6, 6.07) is 0. The fourth-order valence-corrected chi connectivity index (χ4v) is 2.67. The number of rotatable bonds is 3. The van der Waals surface area contributed by atoms with Gasteiger partial charge >= 0.3 is 0 Å². The summed E-state index contributed by atoms with van der Waals surface area (Å²) in [5.41, 5.74) is 0.674. The van der Waals surface area contributed by atoms with Crippen LogP contribution in [0.2, 0.25) is 0 Å². The molecule has 1 aliphatic heterocycles. The van der Waals surface area contributed by atoms with Crippen LogP contribution in [0.4, 0.5) is 0 Å². The van der Waals surface area contributed by atoms with E-state index in [1.807, 2.05) is 0 Å². The lowest BCUT2D eigenvalue weighted by Crippen LogP contribution is -2.33. The number of aromatic amines is 1. The molecule has 106 valence electrons. The summed E-state index contributed by atoms with van der Waals surface area (Å²) < 4.78 is 13.5. The molecule has 1 saturated heterocycles. The molecule has 2 rings (SSSR count). The van der Waals surface area contributed by atoms with Crippen molar-refractivity contribution in [3.05, 3.63) is 21.2 Å². The Kier molecular flexibility index (Phi) is 4.49. The number of nitrogens with zero attached hydrogens (tertiary/aromatic N) is 1. The van der Waals surface area contributed by atoms with Gasteiger partial charge in [-0.25, -0.2) is 0 Å². The Bertz CT molecular complexity index is 571. The SMILES string of the molecule is COC1C(O)[C@@H](CO)O[C@H]1c1cn(C)c(=S)[nH]c1=S. The Morgan fingerprint density at radius 1 is 1.53 bits per heavy atom. The van der Waals surface area contributed by atoms with Crippen LogP contribution in [0, 0.1) is 9.41 Å². The predicted molar refractivity (Wildman–Crippen MR) is 72.9 cm³/mol. The molecule has 0 spiro atoms. The van der Waals surface area contributed by atoms with Crippen LogP contribution in [-0.4, -0.2) is 51.8 Å². The van der Waals surface area contributed by atoms with E-state index in [1.54, 1.807) is 17.8 Å². The number of aliphatic hydroxyl groups is 2. The van der Waals surface area contributed by atoms with Crippen molar-refractivity contribution in [3.8, 4) is 0 Å². The molecule has 0 amide bonds. The van der Waals surface area contributed by atoms with Gasteiger partial charge in [0.25, 0.3) is 0 Å². The van der Waals surface area contributed by atoms with Crippen LogP contribution in [0.15, 0.2) is 6.20 Å². The highest BCUT2D eigenvalue weighted by atomic mass is 32.1. The second-order valence-electron chi connectivity index (χ2n) is 4.42. The number of hydrogen-bond donors (Lipinski definition) is 3. The molecule has 0 aromatic carbocycles. The van der Waals surface area contributed by atoms with E-state index in [0.29, 0.717) is 15.0 Å². The molecule has 2 heterocycles. The van der Waals surface area contributed by atoms with Gasteiger partial charge in [-0.3, -0.25) is 0 Å². The third-order valence-corrected chi connectivity index (χ3v) is 3.96. The van der Waals surface area contributed by atoms with Crippen LogP contribution in [0.3, 0.4) is 0 Å². The molecule has 2 unspecified atom stereocenters. The molecular formula is C11H16N2O4S2. The van der Waals surface area contributed by atoms with Crippen LogP contribution < -0.4 is 0 Å². The number of methoxy groups -OCH3 is 1. The molecule has 1 aromatic heterocycles. The molecule has 1 aliphatic rings. The second-order valence-corrected chi connectivity index (χ2v) is 5.22. The minimum Gasteiger partial charge on any atom is -0.394 e. The highest BCUT2D eigenvalue weighted by Crippen LogP contribution is 2.35. The lowest BCUT2D eigenvalue weighted by atomic mass is 10.0. The molecule has 0 radical (unpaired) electrons. The van der Waals surface area contributed by atoms with E-state index in [1.165, 1.54) is 7.11 Å². The lowest BCUT2D eigenvalue weighted by molar-refractivity contribution is -0.0238. The van der Waals surface area contributed by atoms with Crippen molar-refractivity contribution in [3.63, 3.8) is 0 Å². The van der Waals surface area contributed by atoms with Crippen LogP contribution in [0.1, 0.15) is 11.7 Å². The predicted octanol–water partition coefficient (Wildman–Crippen LogP) is 0.620. The number of H-pyrrole nitrogens is 1. The van der Waals surface area contributed by atoms with Crippen molar-refractivity contribution < 1.29 is 19.7 Å². The standard InChI is InChI=1S/C11H16N2O4S2/c1-13-3-5(10(18)12-11(13)19)8-9(16-2)7(15)6(4-14)17-8/h3,6-9,14-15H,4H2,1-2H3,(H,12,18,19)/t6-,7?,8+,9?/m1/s1. The third kappa shape index (κ3) is 2.64. The normalized spacial score (nSPS) is 30.7. The number of hydrogen-bond acceptors (Lipinski definition) is 6. The van der Waals surface area contributed by atoms with Gasteiger partial charge in [0.2, 0.25) is 0 Å². The maximum Gasteiger partial charge on any atom is 0.177 e. The number of aromatic nitrogens is 2. The summed E-state index contributed by atoms with van der Waals surface area (Å²) in [4.78, 5) is 2.89. The van der Waals surface area contributed by atoms with E-state index in [-0.39, 0.29) is 6.61 Å². The van der Waals surface area contributed by atoms with Gasteiger partial charge in [0.05, 0.1) is 6.61 Å². The van der Waals surface area contributed by atoms with Crippen molar-refractivity contribution in [2.45, 2.75) is 24.4 Å². The summed E-state index contributed by atoms with van der Waals surface area (Å²) >= 11 is 10.3. The zero-order valence-electron chi connectivity index (χ0n) is 10.6. The van der Waals surface area contributed by atoms with Gasteiger partial charge in [-0.1, -0.05) is 12.2 Å². The van der Waals surface area contributed by atoms with E-state index in [2.05, 4.69) is 4.98 Å². The van der Waals surface area contributed by atoms with Crippen molar-refractivity contribution in [2.24, 2.45) is 7.05 Å². The number of aryl methyl sites for hydroxylation is 1. The van der Waals surface area contributed by atoms with Gasteiger partial charge in [-0.15, -0.1) is 0 Å². The first-order chi connectivity index (χ1) is 8.99. The van der Waals surface area contributed by atoms with Gasteiger partial charge in [-0.2, -0.15) is 0 Å². The molecule has 8 heteroatoms. The molecule has 3 N–H and O–H groups in total. The summed E-state index contributed by atoms with van der Waals surface area (Å²) in [6.45, 7) is -0.279. The van der Waals surface area contributed by atoms with Crippen molar-refractivity contribution in [1.29, 1.82) is 0 Å². The minimum absolute atomic E-state index is 0.279. The molecule has 1 aromatic rings. The fraction of sp³-hybridized carbons (Fsp3) is 0.636. The van der Waals surface area contributed by atoms with Crippen molar-refractivity contribution in [1.82, 2.24) is 9.55 Å². The minimum atomic E-state index is -0.900. The van der Waals surface area contributed by atoms with Crippen LogP contribution >= 0.6 is 24.4 Å². The first kappa shape index (κ1) is 14.8. The molecular weight excluding hydrogens is 288 g/mol. The topological polar surface area (TPSA) is 79.6 Å². The summed E-state index contributed by atoms with van der Waals surface area (Å²) in [5, 5.41) is 19.2. The zero-order chi connectivity index (χ0) is 14.2. The van der Waals surface area contributed by atoms with E-state index >= 15 is 0 Å². The molecule has 0 saturated carbocycles. The highest BCUT2D eigenvalue weighted by molar-refractivity contribution is 7.72. The Morgan fingerprint density at radius 2 is 2.21 bits per heavy atom. The summed E-state index contributed by atoms with van der Waals surface area (Å²) in [5.74, 6) is 0. The van der Waals surface area contributed by atoms with Crippen molar-refractivity contribution in [2.75, 3.05) is 13.7 Å². The van der Waals surface area contributed by atoms with Crippen LogP contribution in [0.25, 0.3) is 0 Å². The average Bonchev–Trinajstić information content (AvgIpc) is 2.70. The Hall–Kier alpha value is -0.640. The maximum atomic E-state index is 10.0. The largest absolute Gasteiger partial charge is 0.394 e.